The summed E-state index contributed by atoms with van der Waals surface area (Å²) < 4.78 is 11.1. The molecular weight excluding hydrogens is 274 g/mol. The summed E-state index contributed by atoms with van der Waals surface area (Å²) in [4.78, 5) is 25.4. The van der Waals surface area contributed by atoms with Crippen molar-refractivity contribution >= 4 is 11.9 Å². The molecule has 7 nitrogen and oxygen atoms in total. The molecule has 0 aromatic heterocycles. The summed E-state index contributed by atoms with van der Waals surface area (Å²) >= 11 is 0. The molecular formula is C14H25N3O4. The van der Waals surface area contributed by atoms with E-state index in [0.717, 1.165) is 25.9 Å². The van der Waals surface area contributed by atoms with Gasteiger partial charge in [0.1, 0.15) is 0 Å². The summed E-state index contributed by atoms with van der Waals surface area (Å²) in [5.74, 6) is 0.0283. The molecule has 0 saturated carbocycles. The molecule has 1 atom stereocenters. The van der Waals surface area contributed by atoms with E-state index in [1.165, 1.54) is 0 Å². The molecule has 2 fully saturated rings. The maximum Gasteiger partial charge on any atom is 0.321 e. The van der Waals surface area contributed by atoms with E-state index in [9.17, 15) is 9.59 Å². The minimum Gasteiger partial charge on any atom is -0.350 e. The number of amides is 3. The molecule has 21 heavy (non-hydrogen) atoms. The number of nitrogens with zero attached hydrogens (tertiary/aromatic N) is 1. The average molecular weight is 299 g/mol. The Bertz CT molecular complexity index is 369. The highest BCUT2D eigenvalue weighted by atomic mass is 16.7. The predicted molar refractivity (Wildman–Crippen MR) is 76.7 cm³/mol. The van der Waals surface area contributed by atoms with E-state index in [2.05, 4.69) is 15.5 Å². The lowest BCUT2D eigenvalue weighted by Gasteiger charge is -2.34. The Morgan fingerprint density at radius 3 is 2.67 bits per heavy atom. The normalized spacial score (nSPS) is 24.2. The number of carbonyl (C=O) groups is 2. The molecule has 3 amide bonds. The lowest BCUT2D eigenvalue weighted by molar-refractivity contribution is -0.124. The smallest absolute Gasteiger partial charge is 0.321 e. The zero-order chi connectivity index (χ0) is 15.2. The van der Waals surface area contributed by atoms with Crippen LogP contribution in [0.15, 0.2) is 0 Å². The molecule has 2 saturated heterocycles. The Balaban J connectivity index is 1.74. The zero-order valence-corrected chi connectivity index (χ0v) is 12.8. The fourth-order valence-corrected chi connectivity index (χ4v) is 2.77. The first-order chi connectivity index (χ1) is 10.0. The van der Waals surface area contributed by atoms with Gasteiger partial charge in [-0.2, -0.15) is 0 Å². The minimum absolute atomic E-state index is 0.00818. The van der Waals surface area contributed by atoms with E-state index in [4.69, 9.17) is 9.47 Å². The number of imide groups is 1. The van der Waals surface area contributed by atoms with Gasteiger partial charge in [0.05, 0.1) is 19.8 Å². The predicted octanol–water partition coefficient (Wildman–Crippen LogP) is 0.306. The highest BCUT2D eigenvalue weighted by Gasteiger charge is 2.31. The van der Waals surface area contributed by atoms with E-state index in [1.54, 1.807) is 0 Å². The topological polar surface area (TPSA) is 79.9 Å². The Morgan fingerprint density at radius 2 is 2.00 bits per heavy atom. The van der Waals surface area contributed by atoms with Crippen LogP contribution in [0.25, 0.3) is 0 Å². The third kappa shape index (κ3) is 5.26. The Labute approximate surface area is 125 Å². The standard InChI is InChI=1S/C14H25N3O4/c1-10(2)15-14(19)16-12(18)9-17-5-3-4-11(8-17)13-20-6-7-21-13/h10-11,13H,3-9H2,1-2H3,(H2,15,16,18,19). The fourth-order valence-electron chi connectivity index (χ4n) is 2.77. The van der Waals surface area contributed by atoms with Gasteiger partial charge < -0.3 is 14.8 Å². The molecule has 2 rings (SSSR count). The van der Waals surface area contributed by atoms with E-state index < -0.39 is 6.03 Å². The van der Waals surface area contributed by atoms with Crippen LogP contribution in [0.2, 0.25) is 0 Å². The SMILES string of the molecule is CC(C)NC(=O)NC(=O)CN1CCCC(C2OCCO2)C1. The maximum absolute atomic E-state index is 11.9. The first-order valence-electron chi connectivity index (χ1n) is 7.60. The summed E-state index contributed by atoms with van der Waals surface area (Å²) in [5.41, 5.74) is 0. The molecule has 0 spiro atoms. The highest BCUT2D eigenvalue weighted by Crippen LogP contribution is 2.24. The lowest BCUT2D eigenvalue weighted by atomic mass is 9.97. The van der Waals surface area contributed by atoms with Crippen molar-refractivity contribution in [2.24, 2.45) is 5.92 Å². The van der Waals surface area contributed by atoms with Crippen LogP contribution in [0, 0.1) is 5.92 Å². The number of rotatable bonds is 4. The molecule has 0 aromatic rings. The van der Waals surface area contributed by atoms with Gasteiger partial charge in [0.2, 0.25) is 5.91 Å². The van der Waals surface area contributed by atoms with Gasteiger partial charge in [0, 0.05) is 18.5 Å². The molecule has 2 aliphatic rings. The van der Waals surface area contributed by atoms with Crippen molar-refractivity contribution in [1.82, 2.24) is 15.5 Å². The third-order valence-corrected chi connectivity index (χ3v) is 3.61. The maximum atomic E-state index is 11.9. The molecule has 2 aliphatic heterocycles. The van der Waals surface area contributed by atoms with Gasteiger partial charge in [0.15, 0.2) is 6.29 Å². The molecule has 2 N–H and O–H groups in total. The first kappa shape index (κ1) is 16.2. The summed E-state index contributed by atoms with van der Waals surface area (Å²) in [6.07, 6.45) is 1.93. The van der Waals surface area contributed by atoms with Gasteiger partial charge in [-0.05, 0) is 33.2 Å². The molecule has 0 aliphatic carbocycles. The summed E-state index contributed by atoms with van der Waals surface area (Å²) in [5, 5.41) is 4.98. The second-order valence-electron chi connectivity index (χ2n) is 5.92. The summed E-state index contributed by atoms with van der Waals surface area (Å²) in [6.45, 7) is 6.86. The van der Waals surface area contributed by atoms with Crippen LogP contribution in [-0.4, -0.2) is 62.0 Å². The zero-order valence-electron chi connectivity index (χ0n) is 12.8. The van der Waals surface area contributed by atoms with Gasteiger partial charge in [-0.25, -0.2) is 4.79 Å². The molecule has 7 heteroatoms. The van der Waals surface area contributed by atoms with E-state index in [-0.39, 0.29) is 24.8 Å². The Morgan fingerprint density at radius 1 is 1.29 bits per heavy atom. The quantitative estimate of drug-likeness (QED) is 0.781. The molecule has 0 radical (unpaired) electrons. The van der Waals surface area contributed by atoms with Crippen LogP contribution in [0.1, 0.15) is 26.7 Å². The van der Waals surface area contributed by atoms with Gasteiger partial charge in [-0.1, -0.05) is 0 Å². The monoisotopic (exact) mass is 299 g/mol. The van der Waals surface area contributed by atoms with Crippen molar-refractivity contribution in [1.29, 1.82) is 0 Å². The van der Waals surface area contributed by atoms with Crippen molar-refractivity contribution < 1.29 is 19.1 Å². The molecule has 2 heterocycles. The van der Waals surface area contributed by atoms with Crippen molar-refractivity contribution in [2.45, 2.75) is 39.0 Å². The summed E-state index contributed by atoms with van der Waals surface area (Å²) in [6, 6.07) is -0.431. The number of likely N-dealkylation sites (tertiary alicyclic amines) is 1. The third-order valence-electron chi connectivity index (χ3n) is 3.61. The number of urea groups is 1. The first-order valence-corrected chi connectivity index (χ1v) is 7.60. The second kappa shape index (κ2) is 7.72. The largest absolute Gasteiger partial charge is 0.350 e. The van der Waals surface area contributed by atoms with Gasteiger partial charge in [-0.15, -0.1) is 0 Å². The Hall–Kier alpha value is -1.18. The van der Waals surface area contributed by atoms with Crippen LogP contribution in [0.3, 0.4) is 0 Å². The number of ether oxygens (including phenoxy) is 2. The van der Waals surface area contributed by atoms with Crippen molar-refractivity contribution in [3.63, 3.8) is 0 Å². The number of hydrogen-bond donors (Lipinski definition) is 2. The Kier molecular flexibility index (Phi) is 5.96. The molecule has 0 bridgehead atoms. The summed E-state index contributed by atoms with van der Waals surface area (Å²) in [7, 11) is 0. The number of hydrogen-bond acceptors (Lipinski definition) is 5. The van der Waals surface area contributed by atoms with Gasteiger partial charge in [-0.3, -0.25) is 15.0 Å². The molecule has 0 aromatic carbocycles. The average Bonchev–Trinajstić information content (AvgIpc) is 2.91. The molecule has 1 unspecified atom stereocenters. The number of carbonyl (C=O) groups excluding carboxylic acids is 2. The highest BCUT2D eigenvalue weighted by molar-refractivity contribution is 5.95. The molecule has 120 valence electrons. The van der Waals surface area contributed by atoms with E-state index in [1.807, 2.05) is 13.8 Å². The van der Waals surface area contributed by atoms with Gasteiger partial charge in [0.25, 0.3) is 0 Å². The van der Waals surface area contributed by atoms with Crippen LogP contribution in [0.5, 0.6) is 0 Å². The van der Waals surface area contributed by atoms with Crippen molar-refractivity contribution in [3.8, 4) is 0 Å². The van der Waals surface area contributed by atoms with Gasteiger partial charge >= 0.3 is 6.03 Å². The number of nitrogens with one attached hydrogen (secondary N) is 2. The van der Waals surface area contributed by atoms with Crippen molar-refractivity contribution in [2.75, 3.05) is 32.8 Å². The number of piperidine rings is 1. The fraction of sp³-hybridized carbons (Fsp3) is 0.857. The second-order valence-corrected chi connectivity index (χ2v) is 5.92. The van der Waals surface area contributed by atoms with Crippen LogP contribution in [-0.2, 0) is 14.3 Å². The van der Waals surface area contributed by atoms with Crippen LogP contribution < -0.4 is 10.6 Å². The lowest BCUT2D eigenvalue weighted by Crippen LogP contribution is -2.49. The van der Waals surface area contributed by atoms with E-state index in [0.29, 0.717) is 19.1 Å². The van der Waals surface area contributed by atoms with Crippen LogP contribution >= 0.6 is 0 Å². The van der Waals surface area contributed by atoms with Crippen LogP contribution in [0.4, 0.5) is 4.79 Å². The minimum atomic E-state index is -0.439. The van der Waals surface area contributed by atoms with Crippen molar-refractivity contribution in [3.05, 3.63) is 0 Å². The van der Waals surface area contributed by atoms with E-state index >= 15 is 0 Å².